The Bertz CT molecular complexity index is 1360. The monoisotopic (exact) mass is 570 g/mol. The van der Waals surface area contributed by atoms with Gasteiger partial charge >= 0.3 is 0 Å². The first-order valence-corrected chi connectivity index (χ1v) is 15.1. The van der Waals surface area contributed by atoms with Gasteiger partial charge in [0, 0.05) is 47.3 Å². The zero-order valence-electron chi connectivity index (χ0n) is 24.7. The Balaban J connectivity index is 0.000000155. The van der Waals surface area contributed by atoms with E-state index in [1.807, 2.05) is 0 Å². The maximum absolute atomic E-state index is 9.41. The first-order chi connectivity index (χ1) is 20.4. The predicted octanol–water partition coefficient (Wildman–Crippen LogP) is 3.78. The van der Waals surface area contributed by atoms with Gasteiger partial charge in [-0.05, 0) is 111 Å². The molecule has 2 unspecified atom stereocenters. The minimum absolute atomic E-state index is 0.384. The molecule has 2 aromatic carbocycles. The van der Waals surface area contributed by atoms with Crippen LogP contribution < -0.4 is 10.2 Å². The van der Waals surface area contributed by atoms with Crippen molar-refractivity contribution in [1.29, 1.82) is 0 Å². The van der Waals surface area contributed by atoms with E-state index in [-0.39, 0.29) is 0 Å². The number of carbonyl (C=O) groups excluding carboxylic acids is 2. The molecule has 0 radical (unpaired) electrons. The Hall–Kier alpha value is -3.88. The van der Waals surface area contributed by atoms with Crippen LogP contribution in [0.3, 0.4) is 0 Å². The van der Waals surface area contributed by atoms with E-state index in [1.165, 1.54) is 97.9 Å². The van der Waals surface area contributed by atoms with E-state index < -0.39 is 11.9 Å². The highest BCUT2D eigenvalue weighted by atomic mass is 16.4. The normalized spacial score (nSPS) is 19.7. The smallest absolute Gasteiger partial charge is 0.0643 e. The number of hydrogen-bond acceptors (Lipinski definition) is 6. The minimum Gasteiger partial charge on any atom is -0.545 e. The number of aromatic amines is 2. The summed E-state index contributed by atoms with van der Waals surface area (Å²) in [5.74, 6) is -1.67. The lowest BCUT2D eigenvalue weighted by Crippen LogP contribution is -2.34. The SMILES string of the molecule is CCN1CCCC(c2cccc3[nH]ccc23)C1.CCN1CCCC(c2cccc3[nH]ccc23)C1.O=C([O-])/C=C/C(=O)[O-]. The van der Waals surface area contributed by atoms with Gasteiger partial charge in [0.05, 0.1) is 11.9 Å². The molecule has 2 aliphatic rings. The van der Waals surface area contributed by atoms with Crippen molar-refractivity contribution in [3.8, 4) is 0 Å². The van der Waals surface area contributed by atoms with Gasteiger partial charge in [-0.15, -0.1) is 0 Å². The van der Waals surface area contributed by atoms with E-state index in [4.69, 9.17) is 0 Å². The Labute approximate surface area is 248 Å². The van der Waals surface area contributed by atoms with E-state index in [1.54, 1.807) is 0 Å². The van der Waals surface area contributed by atoms with Crippen LogP contribution in [0.4, 0.5) is 0 Å². The highest BCUT2D eigenvalue weighted by Crippen LogP contribution is 2.32. The second-order valence-electron chi connectivity index (χ2n) is 11.0. The molecule has 8 nitrogen and oxygen atoms in total. The number of piperidine rings is 2. The number of benzene rings is 2. The number of likely N-dealkylation sites (N-methyl/N-ethyl adjacent to an activating group) is 2. The minimum atomic E-state index is -1.55. The molecule has 2 saturated heterocycles. The molecule has 6 rings (SSSR count). The molecular formula is C34H42N4O4-2. The number of nitrogens with one attached hydrogen (secondary N) is 2. The summed E-state index contributed by atoms with van der Waals surface area (Å²) >= 11 is 0. The average Bonchev–Trinajstić information content (AvgIpc) is 3.70. The lowest BCUT2D eigenvalue weighted by molar-refractivity contribution is -0.301. The molecule has 0 bridgehead atoms. The topological polar surface area (TPSA) is 118 Å². The molecule has 4 aromatic rings. The zero-order chi connectivity index (χ0) is 29.9. The van der Waals surface area contributed by atoms with Crippen molar-refractivity contribution in [2.24, 2.45) is 0 Å². The first kappa shape index (κ1) is 31.1. The molecule has 2 N–H and O–H groups in total. The third-order valence-electron chi connectivity index (χ3n) is 8.40. The van der Waals surface area contributed by atoms with E-state index in [9.17, 15) is 19.8 Å². The molecule has 2 fully saturated rings. The first-order valence-electron chi connectivity index (χ1n) is 15.1. The van der Waals surface area contributed by atoms with Gasteiger partial charge in [0.2, 0.25) is 0 Å². The summed E-state index contributed by atoms with van der Waals surface area (Å²) in [5, 5.41) is 21.7. The fourth-order valence-corrected chi connectivity index (χ4v) is 6.26. The van der Waals surface area contributed by atoms with Crippen LogP contribution in [0.5, 0.6) is 0 Å². The quantitative estimate of drug-likeness (QED) is 0.341. The number of nitrogens with zero attached hydrogens (tertiary/aromatic N) is 2. The van der Waals surface area contributed by atoms with Crippen LogP contribution in [0.2, 0.25) is 0 Å². The van der Waals surface area contributed by atoms with E-state index in [2.05, 4.69) is 94.5 Å². The summed E-state index contributed by atoms with van der Waals surface area (Å²) in [7, 11) is 0. The zero-order valence-corrected chi connectivity index (χ0v) is 24.7. The number of likely N-dealkylation sites (tertiary alicyclic amines) is 2. The number of carboxylic acid groups (broad SMARTS) is 2. The number of fused-ring (bicyclic) bond motifs is 2. The molecule has 0 saturated carbocycles. The van der Waals surface area contributed by atoms with Gasteiger partial charge in [-0.25, -0.2) is 0 Å². The summed E-state index contributed by atoms with van der Waals surface area (Å²) in [6.45, 7) is 11.9. The van der Waals surface area contributed by atoms with Crippen LogP contribution in [0.15, 0.2) is 73.1 Å². The van der Waals surface area contributed by atoms with Crippen molar-refractivity contribution < 1.29 is 19.8 Å². The molecule has 0 amide bonds. The molecule has 4 heterocycles. The fraction of sp³-hybridized carbons (Fsp3) is 0.412. The molecule has 0 spiro atoms. The number of hydrogen-bond donors (Lipinski definition) is 2. The third-order valence-corrected chi connectivity index (χ3v) is 8.40. The molecular weight excluding hydrogens is 528 g/mol. The maximum Gasteiger partial charge on any atom is 0.0643 e. The lowest BCUT2D eigenvalue weighted by atomic mass is 9.88. The molecule has 8 heteroatoms. The van der Waals surface area contributed by atoms with Crippen LogP contribution in [-0.2, 0) is 9.59 Å². The van der Waals surface area contributed by atoms with Crippen molar-refractivity contribution in [3.63, 3.8) is 0 Å². The number of aromatic nitrogens is 2. The van der Waals surface area contributed by atoms with Gasteiger partial charge in [-0.2, -0.15) is 0 Å². The Kier molecular flexibility index (Phi) is 11.4. The molecule has 2 atom stereocenters. The van der Waals surface area contributed by atoms with Crippen molar-refractivity contribution in [2.75, 3.05) is 39.3 Å². The van der Waals surface area contributed by atoms with Gasteiger partial charge in [-0.1, -0.05) is 38.1 Å². The summed E-state index contributed by atoms with van der Waals surface area (Å²) in [6, 6.07) is 17.7. The second-order valence-corrected chi connectivity index (χ2v) is 11.0. The Morgan fingerprint density at radius 3 is 1.55 bits per heavy atom. The van der Waals surface area contributed by atoms with Crippen LogP contribution in [0.1, 0.15) is 62.5 Å². The molecule has 0 aliphatic carbocycles. The van der Waals surface area contributed by atoms with Crippen LogP contribution in [0.25, 0.3) is 21.8 Å². The van der Waals surface area contributed by atoms with Gasteiger partial charge < -0.3 is 39.6 Å². The maximum atomic E-state index is 9.41. The highest BCUT2D eigenvalue weighted by molar-refractivity contribution is 5.87. The summed E-state index contributed by atoms with van der Waals surface area (Å²) in [5.41, 5.74) is 5.61. The average molecular weight is 571 g/mol. The predicted molar refractivity (Wildman–Crippen MR) is 164 cm³/mol. The largest absolute Gasteiger partial charge is 0.545 e. The van der Waals surface area contributed by atoms with Gasteiger partial charge in [-0.3, -0.25) is 0 Å². The Morgan fingerprint density at radius 2 is 1.17 bits per heavy atom. The van der Waals surface area contributed by atoms with Gasteiger partial charge in [0.25, 0.3) is 0 Å². The van der Waals surface area contributed by atoms with Crippen molar-refractivity contribution in [2.45, 2.75) is 51.4 Å². The molecule has 224 valence electrons. The molecule has 42 heavy (non-hydrogen) atoms. The number of carboxylic acids is 2. The number of aliphatic carboxylic acids is 2. The summed E-state index contributed by atoms with van der Waals surface area (Å²) in [6.07, 6.45) is 10.2. The fourth-order valence-electron chi connectivity index (χ4n) is 6.26. The van der Waals surface area contributed by atoms with E-state index in [0.717, 1.165) is 0 Å². The van der Waals surface area contributed by atoms with Crippen LogP contribution in [-0.4, -0.2) is 71.0 Å². The molecule has 2 aliphatic heterocycles. The highest BCUT2D eigenvalue weighted by Gasteiger charge is 2.22. The van der Waals surface area contributed by atoms with Crippen molar-refractivity contribution in [3.05, 3.63) is 84.2 Å². The molecule has 2 aromatic heterocycles. The summed E-state index contributed by atoms with van der Waals surface area (Å²) < 4.78 is 0. The van der Waals surface area contributed by atoms with Gasteiger partial charge in [0.1, 0.15) is 0 Å². The number of carbonyl (C=O) groups is 2. The van der Waals surface area contributed by atoms with Crippen molar-refractivity contribution in [1.82, 2.24) is 19.8 Å². The second kappa shape index (κ2) is 15.4. The number of rotatable bonds is 6. The van der Waals surface area contributed by atoms with E-state index in [0.29, 0.717) is 24.0 Å². The summed E-state index contributed by atoms with van der Waals surface area (Å²) in [4.78, 5) is 30.6. The van der Waals surface area contributed by atoms with Crippen LogP contribution in [0, 0.1) is 0 Å². The Morgan fingerprint density at radius 1 is 0.738 bits per heavy atom. The van der Waals surface area contributed by atoms with Crippen LogP contribution >= 0.6 is 0 Å². The lowest BCUT2D eigenvalue weighted by Gasteiger charge is -2.32. The van der Waals surface area contributed by atoms with Crippen molar-refractivity contribution >= 4 is 33.7 Å². The van der Waals surface area contributed by atoms with Gasteiger partial charge in [0.15, 0.2) is 0 Å². The third kappa shape index (κ3) is 8.33. The van der Waals surface area contributed by atoms with E-state index >= 15 is 0 Å². The number of H-pyrrole nitrogens is 2. The standard InChI is InChI=1S/2C15H20N2.C4H4O4/c2*1-2-17-10-4-5-12(11-17)13-6-3-7-15-14(13)8-9-16-15;5-3(6)1-2-4(7)8/h2*3,6-9,12,16H,2,4-5,10-11H2,1H3;1-2H,(H,5,6)(H,7,8)/p-2/b;;2-1+.